The largest absolute Gasteiger partial charge is 0.484 e. The van der Waals surface area contributed by atoms with E-state index in [1.54, 1.807) is 13.3 Å². The number of hydrogen-bond acceptors (Lipinski definition) is 5. The molecule has 1 atom stereocenters. The summed E-state index contributed by atoms with van der Waals surface area (Å²) in [4.78, 5) is 17.6. The minimum atomic E-state index is -0.485. The minimum Gasteiger partial charge on any atom is -0.484 e. The summed E-state index contributed by atoms with van der Waals surface area (Å²) in [6.07, 6.45) is 5.04. The van der Waals surface area contributed by atoms with Crippen molar-refractivity contribution in [1.29, 1.82) is 0 Å². The van der Waals surface area contributed by atoms with Crippen LogP contribution in [0.15, 0.2) is 52.1 Å². The van der Waals surface area contributed by atoms with Crippen LogP contribution in [-0.2, 0) is 11.2 Å². The molecule has 4 N–H and O–H groups in total. The molecule has 0 radical (unpaired) electrons. The fraction of sp³-hybridized carbons (Fsp3) is 0.455. The molecule has 8 nitrogen and oxygen atoms in total. The van der Waals surface area contributed by atoms with Crippen LogP contribution in [-0.4, -0.2) is 56.6 Å². The van der Waals surface area contributed by atoms with Crippen LogP contribution < -0.4 is 21.1 Å². The van der Waals surface area contributed by atoms with Gasteiger partial charge in [0.05, 0.1) is 12.3 Å². The summed E-state index contributed by atoms with van der Waals surface area (Å²) in [6, 6.07) is 11.8. The molecule has 170 valence electrons. The molecular weight excluding hydrogens is 509 g/mol. The Morgan fingerprint density at radius 3 is 2.58 bits per heavy atom. The van der Waals surface area contributed by atoms with Crippen LogP contribution in [0.3, 0.4) is 0 Å². The maximum absolute atomic E-state index is 10.8. The zero-order chi connectivity index (χ0) is 21.2. The number of nitrogens with two attached hydrogens (primary N) is 1. The molecule has 3 rings (SSSR count). The van der Waals surface area contributed by atoms with Crippen molar-refractivity contribution in [1.82, 2.24) is 15.5 Å². The molecule has 0 saturated carbocycles. The van der Waals surface area contributed by atoms with E-state index in [0.717, 1.165) is 49.9 Å². The third kappa shape index (κ3) is 8.06. The normalized spacial score (nSPS) is 15.2. The zero-order valence-electron chi connectivity index (χ0n) is 17.9. The Kier molecular flexibility index (Phi) is 10.6. The number of hydrogen-bond donors (Lipinski definition) is 3. The second-order valence-corrected chi connectivity index (χ2v) is 7.30. The highest BCUT2D eigenvalue weighted by atomic mass is 127. The Hall–Kier alpha value is -2.27. The first-order valence-corrected chi connectivity index (χ1v) is 10.4. The number of likely N-dealkylation sites (tertiary alicyclic amines) is 1. The smallest absolute Gasteiger partial charge is 0.255 e. The summed E-state index contributed by atoms with van der Waals surface area (Å²) in [6.45, 7) is 3.56. The predicted molar refractivity (Wildman–Crippen MR) is 132 cm³/mol. The van der Waals surface area contributed by atoms with Crippen LogP contribution in [0, 0.1) is 0 Å². The maximum Gasteiger partial charge on any atom is 0.255 e. The van der Waals surface area contributed by atoms with Gasteiger partial charge in [0.25, 0.3) is 5.91 Å². The van der Waals surface area contributed by atoms with E-state index in [4.69, 9.17) is 14.9 Å². The summed E-state index contributed by atoms with van der Waals surface area (Å²) in [5.74, 6) is 1.90. The van der Waals surface area contributed by atoms with E-state index in [-0.39, 0.29) is 36.6 Å². The molecule has 2 heterocycles. The fourth-order valence-corrected chi connectivity index (χ4v) is 3.59. The lowest BCUT2D eigenvalue weighted by Gasteiger charge is -2.26. The van der Waals surface area contributed by atoms with Crippen LogP contribution in [0.2, 0.25) is 0 Å². The van der Waals surface area contributed by atoms with Gasteiger partial charge in [-0.3, -0.25) is 14.7 Å². The van der Waals surface area contributed by atoms with Gasteiger partial charge in [0.1, 0.15) is 11.5 Å². The number of aliphatic imine (C=N–C) groups is 1. The summed E-state index contributed by atoms with van der Waals surface area (Å²) in [5.41, 5.74) is 6.25. The number of nitrogens with zero attached hydrogens (tertiary/aromatic N) is 2. The lowest BCUT2D eigenvalue weighted by atomic mass is 10.1. The van der Waals surface area contributed by atoms with Crippen molar-refractivity contribution in [3.8, 4) is 5.75 Å². The highest BCUT2D eigenvalue weighted by Crippen LogP contribution is 2.24. The number of furan rings is 1. The van der Waals surface area contributed by atoms with Gasteiger partial charge in [-0.2, -0.15) is 0 Å². The lowest BCUT2D eigenvalue weighted by Crippen LogP contribution is -2.43. The van der Waals surface area contributed by atoms with E-state index in [2.05, 4.69) is 20.5 Å². The molecule has 1 aromatic carbocycles. The van der Waals surface area contributed by atoms with E-state index in [0.29, 0.717) is 5.75 Å². The Bertz CT molecular complexity index is 805. The van der Waals surface area contributed by atoms with E-state index >= 15 is 0 Å². The highest BCUT2D eigenvalue weighted by Gasteiger charge is 2.25. The molecule has 0 bridgehead atoms. The van der Waals surface area contributed by atoms with Crippen LogP contribution >= 0.6 is 24.0 Å². The van der Waals surface area contributed by atoms with E-state index < -0.39 is 5.91 Å². The monoisotopic (exact) mass is 541 g/mol. The van der Waals surface area contributed by atoms with Gasteiger partial charge in [0.2, 0.25) is 0 Å². The number of halogens is 1. The first kappa shape index (κ1) is 25.0. The highest BCUT2D eigenvalue weighted by molar-refractivity contribution is 14.0. The zero-order valence-corrected chi connectivity index (χ0v) is 20.2. The van der Waals surface area contributed by atoms with Gasteiger partial charge in [-0.15, -0.1) is 24.0 Å². The van der Waals surface area contributed by atoms with Crippen LogP contribution in [0.4, 0.5) is 0 Å². The van der Waals surface area contributed by atoms with Crippen molar-refractivity contribution in [3.63, 3.8) is 0 Å². The number of primary amides is 1. The second kappa shape index (κ2) is 13.2. The molecular formula is C22H32IN5O3. The molecule has 1 fully saturated rings. The number of carbonyl (C=O) groups excluding carboxylic acids is 1. The van der Waals surface area contributed by atoms with E-state index in [1.165, 1.54) is 12.8 Å². The second-order valence-electron chi connectivity index (χ2n) is 7.30. The molecule has 1 aromatic heterocycles. The van der Waals surface area contributed by atoms with Gasteiger partial charge in [-0.25, -0.2) is 0 Å². The SMILES string of the molecule is CN=C(NCCc1ccc(OCC(N)=O)cc1)NCC(c1ccco1)N1CCCC1.I. The topological polar surface area (TPSA) is 105 Å². The number of guanidine groups is 1. The quantitative estimate of drug-likeness (QED) is 0.242. The molecule has 31 heavy (non-hydrogen) atoms. The number of benzene rings is 1. The summed E-state index contributed by atoms with van der Waals surface area (Å²) < 4.78 is 11.0. The van der Waals surface area contributed by atoms with Gasteiger partial charge >= 0.3 is 0 Å². The number of carbonyl (C=O) groups is 1. The Labute approximate surface area is 200 Å². The van der Waals surface area contributed by atoms with Gasteiger partial charge in [0, 0.05) is 20.1 Å². The average Bonchev–Trinajstić information content (AvgIpc) is 3.47. The molecule has 1 aliphatic rings. The Morgan fingerprint density at radius 1 is 1.23 bits per heavy atom. The standard InChI is InChI=1S/C22H31N5O3.HI/c1-24-22(25-11-10-17-6-8-18(9-7-17)30-16-21(23)28)26-15-19(20-5-4-14-29-20)27-12-2-3-13-27;/h4-9,14,19H,2-3,10-13,15-16H2,1H3,(H2,23,28)(H2,24,25,26);1H. The fourth-order valence-electron chi connectivity index (χ4n) is 3.59. The summed E-state index contributed by atoms with van der Waals surface area (Å²) in [5, 5.41) is 6.79. The lowest BCUT2D eigenvalue weighted by molar-refractivity contribution is -0.119. The first-order valence-electron chi connectivity index (χ1n) is 10.4. The molecule has 2 aromatic rings. The Balaban J connectivity index is 0.00000341. The van der Waals surface area contributed by atoms with Crippen molar-refractivity contribution in [2.24, 2.45) is 10.7 Å². The van der Waals surface area contributed by atoms with E-state index in [9.17, 15) is 4.79 Å². The molecule has 9 heteroatoms. The van der Waals surface area contributed by atoms with Crippen LogP contribution in [0.1, 0.15) is 30.2 Å². The van der Waals surface area contributed by atoms with Gasteiger partial charge < -0.3 is 25.5 Å². The van der Waals surface area contributed by atoms with Gasteiger partial charge in [-0.05, 0) is 62.2 Å². The Morgan fingerprint density at radius 2 is 1.97 bits per heavy atom. The van der Waals surface area contributed by atoms with Crippen molar-refractivity contribution < 1.29 is 13.9 Å². The first-order chi connectivity index (χ1) is 14.7. The molecule has 0 aliphatic carbocycles. The van der Waals surface area contributed by atoms with Crippen molar-refractivity contribution in [2.75, 3.05) is 39.8 Å². The van der Waals surface area contributed by atoms with Crippen LogP contribution in [0.25, 0.3) is 0 Å². The molecule has 1 amide bonds. The maximum atomic E-state index is 10.8. The van der Waals surface area contributed by atoms with E-state index in [1.807, 2.05) is 36.4 Å². The molecule has 0 spiro atoms. The average molecular weight is 541 g/mol. The van der Waals surface area contributed by atoms with Gasteiger partial charge in [0.15, 0.2) is 12.6 Å². The number of rotatable bonds is 10. The van der Waals surface area contributed by atoms with Crippen molar-refractivity contribution >= 4 is 35.8 Å². The van der Waals surface area contributed by atoms with Crippen LogP contribution in [0.5, 0.6) is 5.75 Å². The summed E-state index contributed by atoms with van der Waals surface area (Å²) in [7, 11) is 1.78. The molecule has 1 saturated heterocycles. The molecule has 1 aliphatic heterocycles. The predicted octanol–water partition coefficient (Wildman–Crippen LogP) is 2.31. The third-order valence-corrected chi connectivity index (χ3v) is 5.15. The molecule has 1 unspecified atom stereocenters. The number of nitrogens with one attached hydrogen (secondary N) is 2. The van der Waals surface area contributed by atoms with Crippen molar-refractivity contribution in [2.45, 2.75) is 25.3 Å². The van der Waals surface area contributed by atoms with Gasteiger partial charge in [-0.1, -0.05) is 12.1 Å². The minimum absolute atomic E-state index is 0. The van der Waals surface area contributed by atoms with Crippen molar-refractivity contribution in [3.05, 3.63) is 54.0 Å². The number of amides is 1. The summed E-state index contributed by atoms with van der Waals surface area (Å²) >= 11 is 0. The number of ether oxygens (including phenoxy) is 1. The third-order valence-electron chi connectivity index (χ3n) is 5.15.